The average Bonchev–Trinajstić information content (AvgIpc) is 3.04. The van der Waals surface area contributed by atoms with Crippen molar-refractivity contribution in [3.05, 3.63) is 65.7 Å². The number of aliphatic imine (C=N–C) groups is 1. The summed E-state index contributed by atoms with van der Waals surface area (Å²) < 4.78 is 7.27. The molecule has 0 N–H and O–H groups in total. The quantitative estimate of drug-likeness (QED) is 0.381. The number of anilines is 1. The molecule has 4 heteroatoms. The molecule has 4 nitrogen and oxygen atoms in total. The molecule has 0 saturated heterocycles. The standard InChI is InChI=1S/C30H37N3O/c1-6-9-18-33-26-17-13-12-16-25(26)29(4,5)30(33)21-31-27-24-15-11-10-14-22(24)19-23(28(27)34-30)20-32(7-2)8-3/h10-17,19,21H,6-9,18,20H2,1-5H3. The Morgan fingerprint density at radius 2 is 1.71 bits per heavy atom. The fourth-order valence-electron chi connectivity index (χ4n) is 5.71. The van der Waals surface area contributed by atoms with Crippen LogP contribution < -0.4 is 9.64 Å². The zero-order valence-electron chi connectivity index (χ0n) is 21.3. The zero-order chi connectivity index (χ0) is 23.9. The van der Waals surface area contributed by atoms with Gasteiger partial charge in [0.05, 0.1) is 11.6 Å². The highest BCUT2D eigenvalue weighted by Crippen LogP contribution is 2.55. The average molecular weight is 456 g/mol. The van der Waals surface area contributed by atoms with E-state index in [1.807, 2.05) is 0 Å². The minimum Gasteiger partial charge on any atom is -0.459 e. The van der Waals surface area contributed by atoms with Crippen molar-refractivity contribution in [2.75, 3.05) is 24.5 Å². The fourth-order valence-corrected chi connectivity index (χ4v) is 5.71. The van der Waals surface area contributed by atoms with E-state index in [0.29, 0.717) is 0 Å². The number of benzene rings is 3. The second kappa shape index (κ2) is 8.74. The van der Waals surface area contributed by atoms with Gasteiger partial charge in [-0.2, -0.15) is 0 Å². The Morgan fingerprint density at radius 3 is 2.47 bits per heavy atom. The van der Waals surface area contributed by atoms with E-state index in [-0.39, 0.29) is 5.41 Å². The maximum Gasteiger partial charge on any atom is 0.228 e. The normalized spacial score (nSPS) is 20.1. The zero-order valence-corrected chi connectivity index (χ0v) is 21.3. The van der Waals surface area contributed by atoms with E-state index in [0.717, 1.165) is 55.8 Å². The smallest absolute Gasteiger partial charge is 0.228 e. The minimum atomic E-state index is -0.653. The van der Waals surface area contributed by atoms with Crippen LogP contribution in [0.4, 0.5) is 11.4 Å². The van der Waals surface area contributed by atoms with Gasteiger partial charge in [-0.15, -0.1) is 0 Å². The van der Waals surface area contributed by atoms with E-state index in [1.54, 1.807) is 0 Å². The molecule has 1 spiro atoms. The second-order valence-electron chi connectivity index (χ2n) is 10.1. The molecule has 0 bridgehead atoms. The van der Waals surface area contributed by atoms with Crippen molar-refractivity contribution >= 4 is 28.4 Å². The molecule has 0 aliphatic carbocycles. The van der Waals surface area contributed by atoms with Crippen LogP contribution >= 0.6 is 0 Å². The highest BCUT2D eigenvalue weighted by Gasteiger charge is 2.59. The lowest BCUT2D eigenvalue weighted by atomic mass is 9.77. The number of para-hydroxylation sites is 1. The molecule has 0 radical (unpaired) electrons. The van der Waals surface area contributed by atoms with Crippen molar-refractivity contribution in [3.63, 3.8) is 0 Å². The van der Waals surface area contributed by atoms with Crippen molar-refractivity contribution in [2.45, 2.75) is 65.1 Å². The third kappa shape index (κ3) is 3.34. The lowest BCUT2D eigenvalue weighted by molar-refractivity contribution is 0.0754. The number of hydrogen-bond donors (Lipinski definition) is 0. The minimum absolute atomic E-state index is 0.253. The van der Waals surface area contributed by atoms with E-state index in [2.05, 4.69) is 105 Å². The van der Waals surface area contributed by atoms with Gasteiger partial charge in [0.15, 0.2) is 5.75 Å². The molecule has 2 heterocycles. The van der Waals surface area contributed by atoms with Crippen LogP contribution in [0.25, 0.3) is 10.8 Å². The monoisotopic (exact) mass is 455 g/mol. The SMILES string of the molecule is CCCCN1c2ccccc2C(C)(C)C12C=Nc1c(c(CN(CC)CC)cc3ccccc13)O2. The van der Waals surface area contributed by atoms with Gasteiger partial charge < -0.3 is 9.64 Å². The number of unbranched alkanes of at least 4 members (excludes halogenated alkanes) is 1. The van der Waals surface area contributed by atoms with Crippen LogP contribution in [-0.4, -0.2) is 36.5 Å². The van der Waals surface area contributed by atoms with Crippen LogP contribution in [0.15, 0.2) is 59.6 Å². The van der Waals surface area contributed by atoms with Gasteiger partial charge in [0.2, 0.25) is 5.72 Å². The molecule has 1 unspecified atom stereocenters. The Labute approximate surface area is 204 Å². The first-order chi connectivity index (χ1) is 16.5. The van der Waals surface area contributed by atoms with Gasteiger partial charge in [-0.05, 0) is 56.4 Å². The summed E-state index contributed by atoms with van der Waals surface area (Å²) in [5, 5.41) is 2.37. The molecule has 34 heavy (non-hydrogen) atoms. The summed E-state index contributed by atoms with van der Waals surface area (Å²) in [7, 11) is 0. The predicted molar refractivity (Wildman–Crippen MR) is 144 cm³/mol. The third-order valence-electron chi connectivity index (χ3n) is 7.87. The summed E-state index contributed by atoms with van der Waals surface area (Å²) >= 11 is 0. The number of ether oxygens (including phenoxy) is 1. The molecule has 3 aromatic carbocycles. The van der Waals surface area contributed by atoms with Crippen LogP contribution in [-0.2, 0) is 12.0 Å². The number of hydrogen-bond acceptors (Lipinski definition) is 4. The van der Waals surface area contributed by atoms with Crippen molar-refractivity contribution in [1.29, 1.82) is 0 Å². The van der Waals surface area contributed by atoms with Crippen molar-refractivity contribution in [1.82, 2.24) is 4.90 Å². The molecule has 0 amide bonds. The summed E-state index contributed by atoms with van der Waals surface area (Å²) in [6.07, 6.45) is 4.35. The maximum absolute atomic E-state index is 7.27. The lowest BCUT2D eigenvalue weighted by Gasteiger charge is -2.47. The number of nitrogens with zero attached hydrogens (tertiary/aromatic N) is 3. The first kappa shape index (κ1) is 22.9. The Morgan fingerprint density at radius 1 is 0.971 bits per heavy atom. The van der Waals surface area contributed by atoms with Crippen LogP contribution in [0.2, 0.25) is 0 Å². The van der Waals surface area contributed by atoms with Crippen molar-refractivity contribution < 1.29 is 4.74 Å². The maximum atomic E-state index is 7.27. The van der Waals surface area contributed by atoms with Gasteiger partial charge in [-0.3, -0.25) is 9.89 Å². The van der Waals surface area contributed by atoms with E-state index >= 15 is 0 Å². The summed E-state index contributed by atoms with van der Waals surface area (Å²) in [4.78, 5) is 10.1. The molecule has 0 fully saturated rings. The number of fused-ring (bicyclic) bond motifs is 4. The molecule has 178 valence electrons. The Hall–Kier alpha value is -2.85. The fraction of sp³-hybridized carbons (Fsp3) is 0.433. The molecule has 1 atom stereocenters. The van der Waals surface area contributed by atoms with Crippen LogP contribution in [0.3, 0.4) is 0 Å². The van der Waals surface area contributed by atoms with E-state index < -0.39 is 5.72 Å². The highest BCUT2D eigenvalue weighted by molar-refractivity contribution is 6.00. The van der Waals surface area contributed by atoms with Gasteiger partial charge in [0.25, 0.3) is 0 Å². The second-order valence-corrected chi connectivity index (χ2v) is 10.1. The van der Waals surface area contributed by atoms with Crippen molar-refractivity contribution in [3.8, 4) is 5.75 Å². The predicted octanol–water partition coefficient (Wildman–Crippen LogP) is 7.07. The van der Waals surface area contributed by atoms with Gasteiger partial charge in [0.1, 0.15) is 5.69 Å². The van der Waals surface area contributed by atoms with Gasteiger partial charge >= 0.3 is 0 Å². The molecule has 0 saturated carbocycles. The van der Waals surface area contributed by atoms with Gasteiger partial charge in [-0.1, -0.05) is 69.7 Å². The topological polar surface area (TPSA) is 28.1 Å². The largest absolute Gasteiger partial charge is 0.459 e. The molecular formula is C30H37N3O. The molecule has 2 aliphatic rings. The lowest BCUT2D eigenvalue weighted by Crippen LogP contribution is -2.62. The summed E-state index contributed by atoms with van der Waals surface area (Å²) in [6, 6.07) is 19.6. The van der Waals surface area contributed by atoms with Crippen LogP contribution in [0, 0.1) is 0 Å². The van der Waals surface area contributed by atoms with E-state index in [9.17, 15) is 0 Å². The molecule has 2 aliphatic heterocycles. The Bertz CT molecular complexity index is 1230. The molecule has 0 aromatic heterocycles. The van der Waals surface area contributed by atoms with Gasteiger partial charge in [0, 0.05) is 29.7 Å². The summed E-state index contributed by atoms with van der Waals surface area (Å²) in [5.41, 5.74) is 3.87. The van der Waals surface area contributed by atoms with E-state index in [1.165, 1.54) is 22.2 Å². The van der Waals surface area contributed by atoms with Crippen LogP contribution in [0.5, 0.6) is 5.75 Å². The summed E-state index contributed by atoms with van der Waals surface area (Å²) in [6.45, 7) is 15.1. The Kier molecular flexibility index (Phi) is 5.89. The highest BCUT2D eigenvalue weighted by atomic mass is 16.5. The van der Waals surface area contributed by atoms with E-state index in [4.69, 9.17) is 9.73 Å². The molecular weight excluding hydrogens is 418 g/mol. The molecule has 5 rings (SSSR count). The first-order valence-corrected chi connectivity index (χ1v) is 12.8. The third-order valence-corrected chi connectivity index (χ3v) is 7.87. The summed E-state index contributed by atoms with van der Waals surface area (Å²) in [5.74, 6) is 0.940. The van der Waals surface area contributed by atoms with Gasteiger partial charge in [-0.25, -0.2) is 0 Å². The first-order valence-electron chi connectivity index (χ1n) is 12.8. The number of rotatable bonds is 7. The molecule has 3 aromatic rings. The van der Waals surface area contributed by atoms with Crippen molar-refractivity contribution in [2.24, 2.45) is 4.99 Å². The van der Waals surface area contributed by atoms with Crippen LogP contribution in [0.1, 0.15) is 58.6 Å². The Balaban J connectivity index is 1.70.